The molecule has 0 fully saturated rings. The van der Waals surface area contributed by atoms with Gasteiger partial charge < -0.3 is 4.74 Å². The van der Waals surface area contributed by atoms with Crippen LogP contribution in [0.25, 0.3) is 0 Å². The van der Waals surface area contributed by atoms with Crippen molar-refractivity contribution in [1.29, 1.82) is 0 Å². The van der Waals surface area contributed by atoms with Gasteiger partial charge in [0, 0.05) is 14.7 Å². The molecule has 2 aromatic rings. The Kier molecular flexibility index (Phi) is 4.46. The highest BCUT2D eigenvalue weighted by molar-refractivity contribution is 9.10. The summed E-state index contributed by atoms with van der Waals surface area (Å²) in [6.45, 7) is 7.12. The van der Waals surface area contributed by atoms with Crippen LogP contribution in [0.2, 0.25) is 0 Å². The van der Waals surface area contributed by atoms with E-state index in [4.69, 9.17) is 4.74 Å². The van der Waals surface area contributed by atoms with Crippen LogP contribution in [0.15, 0.2) is 34.1 Å². The number of halogens is 1. The second kappa shape index (κ2) is 5.89. The summed E-state index contributed by atoms with van der Waals surface area (Å²) in [5, 5.41) is 2.08. The molecule has 0 saturated heterocycles. The van der Waals surface area contributed by atoms with Crippen LogP contribution in [-0.2, 0) is 6.61 Å². The lowest BCUT2D eigenvalue weighted by molar-refractivity contribution is 0.305. The van der Waals surface area contributed by atoms with Gasteiger partial charge in [0.05, 0.1) is 0 Å². The fourth-order valence-corrected chi connectivity index (χ4v) is 3.18. The minimum Gasteiger partial charge on any atom is -0.488 e. The highest BCUT2D eigenvalue weighted by atomic mass is 79.9. The molecule has 0 radical (unpaired) electrons. The van der Waals surface area contributed by atoms with Crippen molar-refractivity contribution in [3.05, 3.63) is 50.1 Å². The van der Waals surface area contributed by atoms with Crippen LogP contribution in [0.3, 0.4) is 0 Å². The van der Waals surface area contributed by atoms with E-state index < -0.39 is 0 Å². The summed E-state index contributed by atoms with van der Waals surface area (Å²) >= 11 is 5.18. The third kappa shape index (κ3) is 3.36. The minimum atomic E-state index is 0.482. The van der Waals surface area contributed by atoms with Crippen molar-refractivity contribution < 1.29 is 4.74 Å². The van der Waals surface area contributed by atoms with Crippen LogP contribution in [0.1, 0.15) is 35.8 Å². The van der Waals surface area contributed by atoms with Crippen molar-refractivity contribution in [2.75, 3.05) is 0 Å². The molecule has 3 heteroatoms. The smallest absolute Gasteiger partial charge is 0.123 e. The first-order chi connectivity index (χ1) is 8.56. The van der Waals surface area contributed by atoms with E-state index in [2.05, 4.69) is 66.3 Å². The molecule has 0 aliphatic rings. The van der Waals surface area contributed by atoms with E-state index in [0.29, 0.717) is 12.5 Å². The molecule has 0 atom stereocenters. The van der Waals surface area contributed by atoms with E-state index in [1.165, 1.54) is 16.0 Å². The molecule has 0 spiro atoms. The maximum atomic E-state index is 5.97. The molecule has 18 heavy (non-hydrogen) atoms. The van der Waals surface area contributed by atoms with Gasteiger partial charge in [-0.05, 0) is 52.0 Å². The van der Waals surface area contributed by atoms with Gasteiger partial charge in [-0.3, -0.25) is 0 Å². The maximum absolute atomic E-state index is 5.97. The van der Waals surface area contributed by atoms with Crippen molar-refractivity contribution in [3.8, 4) is 5.75 Å². The Hall–Kier alpha value is -0.800. The molecule has 1 aromatic heterocycles. The number of thiophene rings is 1. The van der Waals surface area contributed by atoms with Crippen LogP contribution in [0.5, 0.6) is 5.75 Å². The SMILES string of the molecule is Cc1ccc(C(C)C)c(OCc2cc(Br)cs2)c1. The third-order valence-corrected chi connectivity index (χ3v) is 4.45. The predicted octanol–water partition coefficient (Wildman–Crippen LogP) is 5.52. The second-order valence-corrected chi connectivity index (χ2v) is 6.63. The molecular formula is C15H17BrOS. The molecule has 1 aromatic carbocycles. The lowest BCUT2D eigenvalue weighted by atomic mass is 10.0. The van der Waals surface area contributed by atoms with Gasteiger partial charge in [0.1, 0.15) is 12.4 Å². The zero-order valence-electron chi connectivity index (χ0n) is 10.9. The van der Waals surface area contributed by atoms with Crippen molar-refractivity contribution in [2.24, 2.45) is 0 Å². The predicted molar refractivity (Wildman–Crippen MR) is 81.6 cm³/mol. The third-order valence-electron chi connectivity index (χ3n) is 2.78. The number of benzene rings is 1. The van der Waals surface area contributed by atoms with Gasteiger partial charge in [0.15, 0.2) is 0 Å². The highest BCUT2D eigenvalue weighted by Gasteiger charge is 2.08. The standard InChI is InChI=1S/C15H17BrOS/c1-10(2)14-5-4-11(3)6-15(14)17-8-13-7-12(16)9-18-13/h4-7,9-10H,8H2,1-3H3. The molecule has 96 valence electrons. The monoisotopic (exact) mass is 324 g/mol. The van der Waals surface area contributed by atoms with E-state index >= 15 is 0 Å². The molecule has 1 nitrogen and oxygen atoms in total. The molecule has 0 aliphatic heterocycles. The normalized spacial score (nSPS) is 10.9. The second-order valence-electron chi connectivity index (χ2n) is 4.72. The lowest BCUT2D eigenvalue weighted by Gasteiger charge is -2.14. The van der Waals surface area contributed by atoms with Crippen molar-refractivity contribution >= 4 is 27.3 Å². The first kappa shape index (κ1) is 13.6. The molecule has 0 aliphatic carbocycles. The van der Waals surface area contributed by atoms with Crippen LogP contribution < -0.4 is 4.74 Å². The largest absolute Gasteiger partial charge is 0.488 e. The van der Waals surface area contributed by atoms with Gasteiger partial charge in [-0.25, -0.2) is 0 Å². The van der Waals surface area contributed by atoms with Gasteiger partial charge >= 0.3 is 0 Å². The van der Waals surface area contributed by atoms with E-state index in [0.717, 1.165) is 10.2 Å². The first-order valence-electron chi connectivity index (χ1n) is 6.02. The maximum Gasteiger partial charge on any atom is 0.123 e. The highest BCUT2D eigenvalue weighted by Crippen LogP contribution is 2.29. The Labute approximate surface area is 121 Å². The lowest BCUT2D eigenvalue weighted by Crippen LogP contribution is -1.99. The number of ether oxygens (including phenoxy) is 1. The number of hydrogen-bond donors (Lipinski definition) is 0. The Bertz CT molecular complexity index is 531. The molecule has 1 heterocycles. The van der Waals surface area contributed by atoms with E-state index in [9.17, 15) is 0 Å². The van der Waals surface area contributed by atoms with Crippen molar-refractivity contribution in [2.45, 2.75) is 33.3 Å². The zero-order valence-corrected chi connectivity index (χ0v) is 13.3. The van der Waals surface area contributed by atoms with Gasteiger partial charge in [0.2, 0.25) is 0 Å². The number of hydrogen-bond acceptors (Lipinski definition) is 2. The summed E-state index contributed by atoms with van der Waals surface area (Å²) in [5.74, 6) is 1.49. The summed E-state index contributed by atoms with van der Waals surface area (Å²) in [5.41, 5.74) is 2.51. The summed E-state index contributed by atoms with van der Waals surface area (Å²) < 4.78 is 7.09. The molecule has 2 rings (SSSR count). The molecule has 0 unspecified atom stereocenters. The van der Waals surface area contributed by atoms with Crippen molar-refractivity contribution in [1.82, 2.24) is 0 Å². The van der Waals surface area contributed by atoms with Crippen molar-refractivity contribution in [3.63, 3.8) is 0 Å². The van der Waals surface area contributed by atoms with Gasteiger partial charge in [-0.2, -0.15) is 0 Å². The number of rotatable bonds is 4. The van der Waals surface area contributed by atoms with Gasteiger partial charge in [-0.15, -0.1) is 11.3 Å². The van der Waals surface area contributed by atoms with Gasteiger partial charge in [-0.1, -0.05) is 26.0 Å². The van der Waals surface area contributed by atoms with E-state index in [-0.39, 0.29) is 0 Å². The Morgan fingerprint density at radius 2 is 2.06 bits per heavy atom. The zero-order chi connectivity index (χ0) is 13.1. The average molecular weight is 325 g/mol. The number of aryl methyl sites for hydroxylation is 1. The van der Waals surface area contributed by atoms with E-state index in [1.54, 1.807) is 11.3 Å². The summed E-state index contributed by atoms with van der Waals surface area (Å²) in [7, 11) is 0. The fourth-order valence-electron chi connectivity index (χ4n) is 1.82. The molecule has 0 N–H and O–H groups in total. The quantitative estimate of drug-likeness (QED) is 0.719. The Morgan fingerprint density at radius 1 is 1.28 bits per heavy atom. The molecular weight excluding hydrogens is 308 g/mol. The summed E-state index contributed by atoms with van der Waals surface area (Å²) in [6, 6.07) is 8.54. The minimum absolute atomic E-state index is 0.482. The Balaban J connectivity index is 2.15. The fraction of sp³-hybridized carbons (Fsp3) is 0.333. The first-order valence-corrected chi connectivity index (χ1v) is 7.70. The molecule has 0 saturated carbocycles. The molecule has 0 amide bonds. The van der Waals surface area contributed by atoms with Gasteiger partial charge in [0.25, 0.3) is 0 Å². The Morgan fingerprint density at radius 3 is 2.67 bits per heavy atom. The summed E-state index contributed by atoms with van der Waals surface area (Å²) in [4.78, 5) is 1.23. The summed E-state index contributed by atoms with van der Waals surface area (Å²) in [6.07, 6.45) is 0. The van der Waals surface area contributed by atoms with Crippen LogP contribution in [0, 0.1) is 6.92 Å². The van der Waals surface area contributed by atoms with Crippen LogP contribution in [0.4, 0.5) is 0 Å². The van der Waals surface area contributed by atoms with Crippen LogP contribution in [-0.4, -0.2) is 0 Å². The molecule has 0 bridgehead atoms. The average Bonchev–Trinajstić information content (AvgIpc) is 2.72. The van der Waals surface area contributed by atoms with Crippen LogP contribution >= 0.6 is 27.3 Å². The topological polar surface area (TPSA) is 9.23 Å². The van der Waals surface area contributed by atoms with E-state index in [1.807, 2.05) is 0 Å².